The normalized spacial score (nSPS) is 27.6. The number of halogens is 1. The van der Waals surface area contributed by atoms with E-state index in [1.165, 1.54) is 6.07 Å². The van der Waals surface area contributed by atoms with Gasteiger partial charge in [-0.1, -0.05) is 24.3 Å². The number of nitrogens with two attached hydrogens (primary N) is 1. The molecule has 26 heavy (non-hydrogen) atoms. The van der Waals surface area contributed by atoms with E-state index in [9.17, 15) is 19.7 Å². The maximum Gasteiger partial charge on any atom is 0.333 e. The average Bonchev–Trinajstić information content (AvgIpc) is 2.67. The summed E-state index contributed by atoms with van der Waals surface area (Å²) in [5.74, 6) is -2.60. The molecule has 1 aromatic carbocycles. The molecule has 0 heterocycles. The Morgan fingerprint density at radius 2 is 2.12 bits per heavy atom. The highest BCUT2D eigenvalue weighted by Gasteiger charge is 2.59. The van der Waals surface area contributed by atoms with Crippen LogP contribution in [0.2, 0.25) is 0 Å². The highest BCUT2D eigenvalue weighted by molar-refractivity contribution is 5.87. The Kier molecular flexibility index (Phi) is 4.52. The third-order valence-corrected chi connectivity index (χ3v) is 5.37. The first-order valence-electron chi connectivity index (χ1n) is 8.37. The van der Waals surface area contributed by atoms with E-state index < -0.39 is 23.1 Å². The van der Waals surface area contributed by atoms with Gasteiger partial charge in [0.1, 0.15) is 11.9 Å². The number of methoxy groups -OCH3 is 1. The molecule has 0 amide bonds. The largest absolute Gasteiger partial charge is 0.468 e. The van der Waals surface area contributed by atoms with Gasteiger partial charge in [0.25, 0.3) is 0 Å². The third kappa shape index (κ3) is 2.30. The number of nitriles is 2. The van der Waals surface area contributed by atoms with Crippen LogP contribution in [0, 0.1) is 39.8 Å². The number of carbonyl (C=O) groups excluding carboxylic acids is 1. The molecule has 3 unspecified atom stereocenters. The Hall–Kier alpha value is -3.12. The van der Waals surface area contributed by atoms with Gasteiger partial charge in [-0.05, 0) is 42.4 Å². The highest BCUT2D eigenvalue weighted by atomic mass is 19.1. The van der Waals surface area contributed by atoms with Crippen LogP contribution < -0.4 is 5.73 Å². The molecule has 1 aromatic rings. The summed E-state index contributed by atoms with van der Waals surface area (Å²) in [6.45, 7) is 0. The number of hydrogen-bond acceptors (Lipinski definition) is 5. The maximum atomic E-state index is 14.7. The van der Waals surface area contributed by atoms with Gasteiger partial charge in [0.2, 0.25) is 5.41 Å². The van der Waals surface area contributed by atoms with Crippen LogP contribution in [0.3, 0.4) is 0 Å². The smallest absolute Gasteiger partial charge is 0.333 e. The molecule has 2 aliphatic carbocycles. The fraction of sp³-hybridized carbons (Fsp3) is 0.350. The van der Waals surface area contributed by atoms with E-state index in [1.54, 1.807) is 18.2 Å². The molecule has 0 aliphatic heterocycles. The molecular weight excluding hydrogens is 333 g/mol. The van der Waals surface area contributed by atoms with Crippen molar-refractivity contribution in [2.24, 2.45) is 17.1 Å². The van der Waals surface area contributed by atoms with Crippen molar-refractivity contribution >= 4 is 5.97 Å². The topological polar surface area (TPSA) is 99.9 Å². The number of carbonyl (C=O) groups is 1. The van der Waals surface area contributed by atoms with Gasteiger partial charge in [-0.2, -0.15) is 10.5 Å². The number of hydrogen-bond donors (Lipinski definition) is 1. The second-order valence-corrected chi connectivity index (χ2v) is 6.51. The summed E-state index contributed by atoms with van der Waals surface area (Å²) in [4.78, 5) is 12.8. The van der Waals surface area contributed by atoms with E-state index in [-0.39, 0.29) is 22.8 Å². The molecule has 3 atom stereocenters. The Bertz CT molecular complexity index is 906. The van der Waals surface area contributed by atoms with Gasteiger partial charge < -0.3 is 10.5 Å². The molecule has 0 bridgehead atoms. The van der Waals surface area contributed by atoms with E-state index in [0.717, 1.165) is 20.0 Å². The standard InChI is InChI=1S/C20H18FN3O2/c1-26-19(25)20(11-23)17(14-8-4-5-9-16(14)21)13-7-3-2-6-12(13)15(10-22)18(20)24/h4-6,8-9,13,17H,2-3,7,24H2,1H3. The molecule has 0 spiro atoms. The lowest BCUT2D eigenvalue weighted by molar-refractivity contribution is -0.149. The van der Waals surface area contributed by atoms with Gasteiger partial charge in [0, 0.05) is 5.92 Å². The van der Waals surface area contributed by atoms with Gasteiger partial charge in [-0.25, -0.2) is 9.18 Å². The fourth-order valence-corrected chi connectivity index (χ4v) is 4.23. The van der Waals surface area contributed by atoms with E-state index in [2.05, 4.69) is 0 Å². The molecular formula is C20H18FN3O2. The Labute approximate surface area is 151 Å². The summed E-state index contributed by atoms with van der Waals surface area (Å²) in [5.41, 5.74) is 5.17. The second kappa shape index (κ2) is 6.65. The first kappa shape index (κ1) is 17.7. The predicted octanol–water partition coefficient (Wildman–Crippen LogP) is 3.07. The molecule has 0 fully saturated rings. The van der Waals surface area contributed by atoms with Crippen molar-refractivity contribution in [2.75, 3.05) is 7.11 Å². The molecule has 0 radical (unpaired) electrons. The minimum absolute atomic E-state index is 0.134. The van der Waals surface area contributed by atoms with Crippen molar-refractivity contribution in [3.05, 3.63) is 58.6 Å². The highest BCUT2D eigenvalue weighted by Crippen LogP contribution is 2.56. The number of nitrogens with zero attached hydrogens (tertiary/aromatic N) is 2. The summed E-state index contributed by atoms with van der Waals surface area (Å²) >= 11 is 0. The van der Waals surface area contributed by atoms with E-state index in [4.69, 9.17) is 10.5 Å². The Morgan fingerprint density at radius 3 is 2.73 bits per heavy atom. The van der Waals surface area contributed by atoms with Crippen molar-refractivity contribution in [1.82, 2.24) is 0 Å². The zero-order valence-corrected chi connectivity index (χ0v) is 14.3. The lowest BCUT2D eigenvalue weighted by Crippen LogP contribution is -2.49. The summed E-state index contributed by atoms with van der Waals surface area (Å²) in [5, 5.41) is 19.7. The number of benzene rings is 1. The molecule has 0 saturated carbocycles. The Morgan fingerprint density at radius 1 is 1.38 bits per heavy atom. The maximum absolute atomic E-state index is 14.7. The quantitative estimate of drug-likeness (QED) is 0.825. The van der Waals surface area contributed by atoms with Crippen LogP contribution in [0.25, 0.3) is 0 Å². The van der Waals surface area contributed by atoms with Crippen molar-refractivity contribution < 1.29 is 13.9 Å². The van der Waals surface area contributed by atoms with Crippen molar-refractivity contribution in [1.29, 1.82) is 10.5 Å². The van der Waals surface area contributed by atoms with Crippen LogP contribution in [0.4, 0.5) is 4.39 Å². The van der Waals surface area contributed by atoms with Gasteiger partial charge in [-0.3, -0.25) is 0 Å². The van der Waals surface area contributed by atoms with Crippen LogP contribution in [0.5, 0.6) is 0 Å². The van der Waals surface area contributed by atoms with Crippen LogP contribution in [-0.4, -0.2) is 13.1 Å². The first-order valence-corrected chi connectivity index (χ1v) is 8.37. The minimum atomic E-state index is -1.94. The van der Waals surface area contributed by atoms with Crippen molar-refractivity contribution in [3.63, 3.8) is 0 Å². The minimum Gasteiger partial charge on any atom is -0.468 e. The third-order valence-electron chi connectivity index (χ3n) is 5.37. The summed E-state index contributed by atoms with van der Waals surface area (Å²) in [6.07, 6.45) is 4.13. The van der Waals surface area contributed by atoms with Gasteiger partial charge >= 0.3 is 5.97 Å². The summed E-state index contributed by atoms with van der Waals surface area (Å²) < 4.78 is 19.6. The zero-order chi connectivity index (χ0) is 18.9. The summed E-state index contributed by atoms with van der Waals surface area (Å²) in [7, 11) is 1.16. The van der Waals surface area contributed by atoms with Crippen molar-refractivity contribution in [3.8, 4) is 12.1 Å². The fourth-order valence-electron chi connectivity index (χ4n) is 4.23. The Balaban J connectivity index is 2.40. The molecule has 3 rings (SSSR count). The van der Waals surface area contributed by atoms with Crippen LogP contribution in [-0.2, 0) is 9.53 Å². The second-order valence-electron chi connectivity index (χ2n) is 6.51. The van der Waals surface area contributed by atoms with Gasteiger partial charge in [0.05, 0.1) is 24.4 Å². The number of fused-ring (bicyclic) bond motifs is 1. The molecule has 2 N–H and O–H groups in total. The van der Waals surface area contributed by atoms with Crippen molar-refractivity contribution in [2.45, 2.75) is 25.2 Å². The number of rotatable bonds is 2. The zero-order valence-electron chi connectivity index (χ0n) is 14.3. The SMILES string of the molecule is COC(=O)C1(C#N)C(N)=C(C#N)C2=CCCCC2C1c1ccccc1F. The summed E-state index contributed by atoms with van der Waals surface area (Å²) in [6, 6.07) is 10.1. The lowest BCUT2D eigenvalue weighted by atomic mass is 9.56. The van der Waals surface area contributed by atoms with Gasteiger partial charge in [0.15, 0.2) is 0 Å². The van der Waals surface area contributed by atoms with Crippen LogP contribution in [0.15, 0.2) is 47.2 Å². The first-order chi connectivity index (χ1) is 12.5. The predicted molar refractivity (Wildman–Crippen MR) is 91.5 cm³/mol. The van der Waals surface area contributed by atoms with Crippen LogP contribution >= 0.6 is 0 Å². The lowest BCUT2D eigenvalue weighted by Gasteiger charge is -2.44. The van der Waals surface area contributed by atoms with E-state index >= 15 is 0 Å². The molecule has 132 valence electrons. The molecule has 5 nitrogen and oxygen atoms in total. The molecule has 0 aromatic heterocycles. The molecule has 6 heteroatoms. The van der Waals surface area contributed by atoms with E-state index in [1.807, 2.05) is 18.2 Å². The van der Waals surface area contributed by atoms with E-state index in [0.29, 0.717) is 12.0 Å². The number of esters is 1. The average molecular weight is 351 g/mol. The number of ether oxygens (including phenoxy) is 1. The van der Waals surface area contributed by atoms with Gasteiger partial charge in [-0.15, -0.1) is 0 Å². The molecule has 2 aliphatic rings. The molecule has 0 saturated heterocycles. The number of allylic oxidation sites excluding steroid dienone is 3. The van der Waals surface area contributed by atoms with Crippen LogP contribution in [0.1, 0.15) is 30.7 Å². The monoisotopic (exact) mass is 351 g/mol.